The van der Waals surface area contributed by atoms with Gasteiger partial charge in [0.05, 0.1) is 39.9 Å². The lowest BCUT2D eigenvalue weighted by molar-refractivity contribution is -0.133. The van der Waals surface area contributed by atoms with Crippen LogP contribution in [0.25, 0.3) is 11.0 Å². The fraction of sp³-hybridized carbons (Fsp3) is 0.258. The van der Waals surface area contributed by atoms with Crippen LogP contribution in [0.4, 0.5) is 4.39 Å². The van der Waals surface area contributed by atoms with Crippen LogP contribution in [0.5, 0.6) is 0 Å². The van der Waals surface area contributed by atoms with Gasteiger partial charge < -0.3 is 19.0 Å². The van der Waals surface area contributed by atoms with Gasteiger partial charge in [-0.2, -0.15) is 0 Å². The number of rotatable bonds is 9. The Morgan fingerprint density at radius 2 is 1.73 bits per heavy atom. The zero-order valence-electron chi connectivity index (χ0n) is 22.0. The monoisotopic (exact) mass is 596 g/mol. The van der Waals surface area contributed by atoms with E-state index in [1.807, 2.05) is 0 Å². The molecule has 7 nitrogen and oxygen atoms in total. The highest BCUT2D eigenvalue weighted by Gasteiger charge is 2.28. The second-order valence-electron chi connectivity index (χ2n) is 9.91. The Balaban J connectivity index is 1.44. The third-order valence-electron chi connectivity index (χ3n) is 6.98. The number of nitrogens with zero attached hydrogens (tertiary/aromatic N) is 2. The van der Waals surface area contributed by atoms with Crippen LogP contribution in [0.15, 0.2) is 82.2 Å². The summed E-state index contributed by atoms with van der Waals surface area (Å²) < 4.78 is 25.0. The predicted octanol–water partition coefficient (Wildman–Crippen LogP) is 6.09. The molecule has 1 fully saturated rings. The van der Waals surface area contributed by atoms with Crippen LogP contribution in [-0.2, 0) is 22.6 Å². The van der Waals surface area contributed by atoms with E-state index in [9.17, 15) is 18.8 Å². The second kappa shape index (κ2) is 12.9. The lowest BCUT2D eigenvalue weighted by atomic mass is 10.1. The van der Waals surface area contributed by atoms with E-state index in [4.69, 9.17) is 32.4 Å². The summed E-state index contributed by atoms with van der Waals surface area (Å²) >= 11 is 12.2. The number of carbonyl (C=O) groups excluding carboxylic acids is 2. The molecule has 10 heteroatoms. The van der Waals surface area contributed by atoms with Crippen molar-refractivity contribution in [2.45, 2.75) is 32.0 Å². The van der Waals surface area contributed by atoms with E-state index >= 15 is 0 Å². The quantitative estimate of drug-likeness (QED) is 0.233. The van der Waals surface area contributed by atoms with E-state index in [0.717, 1.165) is 12.8 Å². The Morgan fingerprint density at radius 1 is 0.951 bits per heavy atom. The number of amides is 2. The van der Waals surface area contributed by atoms with E-state index in [0.29, 0.717) is 28.2 Å². The van der Waals surface area contributed by atoms with Crippen molar-refractivity contribution in [3.63, 3.8) is 0 Å². The van der Waals surface area contributed by atoms with E-state index in [2.05, 4.69) is 0 Å². The van der Waals surface area contributed by atoms with Crippen LogP contribution in [0.2, 0.25) is 10.0 Å². The predicted molar refractivity (Wildman–Crippen MR) is 154 cm³/mol. The van der Waals surface area contributed by atoms with Gasteiger partial charge in [-0.05, 0) is 60.9 Å². The van der Waals surface area contributed by atoms with Crippen molar-refractivity contribution in [1.29, 1.82) is 0 Å². The molecule has 0 aliphatic carbocycles. The molecule has 1 saturated heterocycles. The number of benzene rings is 3. The first-order valence-corrected chi connectivity index (χ1v) is 13.9. The molecule has 0 unspecified atom stereocenters. The van der Waals surface area contributed by atoms with Crippen LogP contribution < -0.4 is 5.43 Å². The minimum absolute atomic E-state index is 0.0713. The molecule has 1 atom stereocenters. The fourth-order valence-corrected chi connectivity index (χ4v) is 5.10. The average molecular weight is 597 g/mol. The molecule has 3 aromatic carbocycles. The summed E-state index contributed by atoms with van der Waals surface area (Å²) in [4.78, 5) is 43.6. The first kappa shape index (κ1) is 28.8. The highest BCUT2D eigenvalue weighted by molar-refractivity contribution is 6.42. The van der Waals surface area contributed by atoms with E-state index in [1.165, 1.54) is 40.3 Å². The summed E-state index contributed by atoms with van der Waals surface area (Å²) in [6.07, 6.45) is 2.76. The van der Waals surface area contributed by atoms with Gasteiger partial charge >= 0.3 is 0 Å². The Morgan fingerprint density at radius 3 is 2.46 bits per heavy atom. The summed E-state index contributed by atoms with van der Waals surface area (Å²) in [5, 5.41) is 0.931. The molecular formula is C31H27Cl2FN2O5. The molecule has 212 valence electrons. The third kappa shape index (κ3) is 6.96. The molecular weight excluding hydrogens is 570 g/mol. The van der Waals surface area contributed by atoms with Crippen molar-refractivity contribution in [2.24, 2.45) is 0 Å². The lowest BCUT2D eigenvalue weighted by Crippen LogP contribution is -2.45. The number of fused-ring (bicyclic) bond motifs is 1. The summed E-state index contributed by atoms with van der Waals surface area (Å²) in [7, 11) is 0. The molecule has 1 aliphatic rings. The standard InChI is InChI=1S/C31H27Cl2FN2O5/c32-26-12-9-21(14-27(26)33)31(39)36(17-24-4-3-13-40-24)18-29(37)35(15-20-7-10-23(34)11-8-20)16-22-19-41-28-6-2-1-5-25(28)30(22)38/h1-2,5-12,14,19,24H,3-4,13,15-18H2/t24-/m1/s1. The molecule has 4 aromatic rings. The minimum Gasteiger partial charge on any atom is -0.464 e. The Hall–Kier alpha value is -3.72. The number of hydrogen-bond donors (Lipinski definition) is 0. The highest BCUT2D eigenvalue weighted by Crippen LogP contribution is 2.24. The van der Waals surface area contributed by atoms with Crippen molar-refractivity contribution >= 4 is 46.0 Å². The topological polar surface area (TPSA) is 80.1 Å². The maximum absolute atomic E-state index is 13.9. The van der Waals surface area contributed by atoms with Gasteiger partial charge in [0.2, 0.25) is 5.91 Å². The third-order valence-corrected chi connectivity index (χ3v) is 7.72. The van der Waals surface area contributed by atoms with Crippen molar-refractivity contribution in [1.82, 2.24) is 9.80 Å². The number of carbonyl (C=O) groups is 2. The smallest absolute Gasteiger partial charge is 0.254 e. The molecule has 1 aromatic heterocycles. The van der Waals surface area contributed by atoms with Gasteiger partial charge in [0.1, 0.15) is 17.9 Å². The first-order chi connectivity index (χ1) is 19.8. The zero-order chi connectivity index (χ0) is 28.9. The van der Waals surface area contributed by atoms with Gasteiger partial charge in [-0.3, -0.25) is 14.4 Å². The SMILES string of the molecule is O=C(CN(C[C@H]1CCCO1)C(=O)c1ccc(Cl)c(Cl)c1)N(Cc1ccc(F)cc1)Cc1coc2ccccc2c1=O. The molecule has 2 heterocycles. The van der Waals surface area contributed by atoms with Crippen molar-refractivity contribution in [3.8, 4) is 0 Å². The van der Waals surface area contributed by atoms with E-state index < -0.39 is 17.6 Å². The van der Waals surface area contributed by atoms with Crippen LogP contribution in [-0.4, -0.2) is 47.4 Å². The molecule has 2 amide bonds. The largest absolute Gasteiger partial charge is 0.464 e. The molecule has 1 aliphatic heterocycles. The van der Waals surface area contributed by atoms with Gasteiger partial charge in [-0.15, -0.1) is 0 Å². The number of halogens is 3. The Kier molecular flexibility index (Phi) is 9.03. The van der Waals surface area contributed by atoms with Crippen LogP contribution in [0, 0.1) is 5.82 Å². The zero-order valence-corrected chi connectivity index (χ0v) is 23.5. The lowest BCUT2D eigenvalue weighted by Gasteiger charge is -2.29. The number of ether oxygens (including phenoxy) is 1. The maximum atomic E-state index is 13.9. The Bertz CT molecular complexity index is 1620. The van der Waals surface area contributed by atoms with Crippen LogP contribution >= 0.6 is 23.2 Å². The van der Waals surface area contributed by atoms with Crippen molar-refractivity contribution < 1.29 is 23.1 Å². The molecule has 0 radical (unpaired) electrons. The van der Waals surface area contributed by atoms with Gasteiger partial charge in [0.25, 0.3) is 5.91 Å². The van der Waals surface area contributed by atoms with E-state index in [-0.39, 0.29) is 53.9 Å². The van der Waals surface area contributed by atoms with Crippen LogP contribution in [0.3, 0.4) is 0 Å². The molecule has 41 heavy (non-hydrogen) atoms. The molecule has 0 saturated carbocycles. The minimum atomic E-state index is -0.409. The maximum Gasteiger partial charge on any atom is 0.254 e. The van der Waals surface area contributed by atoms with Gasteiger partial charge in [0, 0.05) is 25.3 Å². The molecule has 0 N–H and O–H groups in total. The molecule has 0 spiro atoms. The normalized spacial score (nSPS) is 14.8. The first-order valence-electron chi connectivity index (χ1n) is 13.2. The van der Waals surface area contributed by atoms with Crippen LogP contribution in [0.1, 0.15) is 34.3 Å². The number of para-hydroxylation sites is 1. The van der Waals surface area contributed by atoms with Crippen molar-refractivity contribution in [2.75, 3.05) is 19.7 Å². The molecule has 0 bridgehead atoms. The van der Waals surface area contributed by atoms with Gasteiger partial charge in [-0.25, -0.2) is 4.39 Å². The summed E-state index contributed by atoms with van der Waals surface area (Å²) in [6.45, 7) is 0.520. The Labute approximate surface area is 246 Å². The second-order valence-corrected chi connectivity index (χ2v) is 10.7. The summed E-state index contributed by atoms with van der Waals surface area (Å²) in [5.74, 6) is -1.22. The summed E-state index contributed by atoms with van der Waals surface area (Å²) in [5.41, 5.74) is 1.40. The number of hydrogen-bond acceptors (Lipinski definition) is 5. The van der Waals surface area contributed by atoms with E-state index in [1.54, 1.807) is 42.5 Å². The van der Waals surface area contributed by atoms with Gasteiger partial charge in [0.15, 0.2) is 5.43 Å². The fourth-order valence-electron chi connectivity index (χ4n) is 4.80. The van der Waals surface area contributed by atoms with Crippen molar-refractivity contribution in [3.05, 3.63) is 116 Å². The van der Waals surface area contributed by atoms with Gasteiger partial charge in [-0.1, -0.05) is 47.5 Å². The highest BCUT2D eigenvalue weighted by atomic mass is 35.5. The molecule has 5 rings (SSSR count). The summed E-state index contributed by atoms with van der Waals surface area (Å²) in [6, 6.07) is 17.2. The average Bonchev–Trinajstić information content (AvgIpc) is 3.49.